The number of aromatic hydroxyl groups is 1. The van der Waals surface area contributed by atoms with Gasteiger partial charge in [0.15, 0.2) is 4.90 Å². The first kappa shape index (κ1) is 24.4. The molecule has 0 fully saturated rings. The number of hydrogen-bond donors (Lipinski definition) is 1. The fourth-order valence-electron chi connectivity index (χ4n) is 2.44. The molecule has 3 aromatic rings. The lowest BCUT2D eigenvalue weighted by Crippen LogP contribution is -2.03. The minimum atomic E-state index is -4.57. The molecule has 0 aliphatic heterocycles. The normalized spacial score (nSPS) is 11.8. The van der Waals surface area contributed by atoms with Crippen LogP contribution in [0.25, 0.3) is 0 Å². The molecular formula is C21H21NO7S2. The van der Waals surface area contributed by atoms with Gasteiger partial charge in [0.2, 0.25) is 10.4 Å². The number of hydrogen-bond acceptors (Lipinski definition) is 7. The molecule has 8 nitrogen and oxygen atoms in total. The van der Waals surface area contributed by atoms with Crippen molar-refractivity contribution in [2.45, 2.75) is 17.3 Å². The summed E-state index contributed by atoms with van der Waals surface area (Å²) in [5.74, 6) is 1.10. The second-order valence-electron chi connectivity index (χ2n) is 6.35. The maximum absolute atomic E-state index is 10.6. The van der Waals surface area contributed by atoms with Crippen molar-refractivity contribution >= 4 is 27.0 Å². The van der Waals surface area contributed by atoms with Crippen molar-refractivity contribution in [2.24, 2.45) is 0 Å². The van der Waals surface area contributed by atoms with Crippen LogP contribution in [0.2, 0.25) is 0 Å². The number of phenols is 1. The monoisotopic (exact) mass is 463 g/mol. The van der Waals surface area contributed by atoms with Gasteiger partial charge in [0, 0.05) is 28.6 Å². The Morgan fingerprint density at radius 1 is 0.935 bits per heavy atom. The van der Waals surface area contributed by atoms with Crippen LogP contribution in [0.5, 0.6) is 5.75 Å². The van der Waals surface area contributed by atoms with Crippen molar-refractivity contribution < 1.29 is 27.2 Å². The lowest BCUT2D eigenvalue weighted by Gasteiger charge is -2.06. The predicted molar refractivity (Wildman–Crippen MR) is 117 cm³/mol. The van der Waals surface area contributed by atoms with E-state index in [0.717, 1.165) is 16.2 Å². The molecule has 0 spiro atoms. The maximum Gasteiger partial charge on any atom is 0.269 e. The van der Waals surface area contributed by atoms with E-state index in [9.17, 15) is 28.2 Å². The predicted octanol–water partition coefficient (Wildman–Crippen LogP) is 3.77. The second-order valence-corrected chi connectivity index (χ2v) is 9.44. The first-order chi connectivity index (χ1) is 14.6. The van der Waals surface area contributed by atoms with Gasteiger partial charge in [-0.15, -0.1) is 0 Å². The summed E-state index contributed by atoms with van der Waals surface area (Å²) < 4.78 is 34.1. The highest BCUT2D eigenvalue weighted by Gasteiger charge is 2.16. The highest BCUT2D eigenvalue weighted by Crippen LogP contribution is 2.21. The van der Waals surface area contributed by atoms with Crippen molar-refractivity contribution in [2.75, 3.05) is 6.26 Å². The van der Waals surface area contributed by atoms with Crippen molar-refractivity contribution in [1.82, 2.24) is 0 Å². The van der Waals surface area contributed by atoms with Crippen molar-refractivity contribution in [3.05, 3.63) is 100 Å². The van der Waals surface area contributed by atoms with E-state index in [-0.39, 0.29) is 28.9 Å². The Morgan fingerprint density at radius 3 is 2.03 bits per heavy atom. The smallest absolute Gasteiger partial charge is 0.269 e. The number of nitro benzene ring substituents is 1. The average Bonchev–Trinajstić information content (AvgIpc) is 2.74. The van der Waals surface area contributed by atoms with Crippen LogP contribution in [0.1, 0.15) is 11.1 Å². The van der Waals surface area contributed by atoms with E-state index in [1.54, 1.807) is 54.6 Å². The van der Waals surface area contributed by atoms with Crippen LogP contribution >= 0.6 is 0 Å². The Labute approximate surface area is 183 Å². The fraction of sp³-hybridized carbons (Fsp3) is 0.143. The van der Waals surface area contributed by atoms with Crippen molar-refractivity contribution in [1.29, 1.82) is 0 Å². The first-order valence-corrected chi connectivity index (χ1v) is 12.1. The molecule has 0 bridgehead atoms. The van der Waals surface area contributed by atoms with E-state index in [1.807, 2.05) is 12.1 Å². The van der Waals surface area contributed by atoms with Gasteiger partial charge in [-0.05, 0) is 42.0 Å². The third kappa shape index (κ3) is 9.18. The zero-order valence-electron chi connectivity index (χ0n) is 16.6. The van der Waals surface area contributed by atoms with Crippen LogP contribution in [0.15, 0.2) is 83.8 Å². The van der Waals surface area contributed by atoms with Crippen LogP contribution in [-0.4, -0.2) is 29.3 Å². The van der Waals surface area contributed by atoms with Gasteiger partial charge in [0.25, 0.3) is 5.69 Å². The molecule has 0 saturated heterocycles. The number of non-ortho nitro benzene ring substituents is 1. The molecule has 1 N–H and O–H groups in total. The molecule has 31 heavy (non-hydrogen) atoms. The van der Waals surface area contributed by atoms with Gasteiger partial charge in [-0.1, -0.05) is 30.3 Å². The van der Waals surface area contributed by atoms with E-state index in [4.69, 9.17) is 0 Å². The third-order valence-corrected chi connectivity index (χ3v) is 6.23. The molecular weight excluding hydrogens is 442 g/mol. The SMILES string of the molecule is C[S+](Cc1ccc([N+](=O)[O-])cc1)c1ccc(O)cc1.O=S(=O)([O-])OCc1ccccc1. The first-order valence-electron chi connectivity index (χ1n) is 8.93. The van der Waals surface area contributed by atoms with Crippen LogP contribution in [-0.2, 0) is 37.8 Å². The summed E-state index contributed by atoms with van der Waals surface area (Å²) in [6.07, 6.45) is 2.12. The van der Waals surface area contributed by atoms with Gasteiger partial charge < -0.3 is 9.66 Å². The Balaban J connectivity index is 0.000000245. The van der Waals surface area contributed by atoms with Crippen LogP contribution in [0, 0.1) is 10.1 Å². The third-order valence-electron chi connectivity index (χ3n) is 3.98. The summed E-state index contributed by atoms with van der Waals surface area (Å²) in [4.78, 5) is 11.3. The molecule has 0 heterocycles. The highest BCUT2D eigenvalue weighted by atomic mass is 32.3. The van der Waals surface area contributed by atoms with Gasteiger partial charge >= 0.3 is 0 Å². The molecule has 3 aromatic carbocycles. The maximum atomic E-state index is 10.6. The molecule has 0 saturated carbocycles. The minimum Gasteiger partial charge on any atom is -0.726 e. The van der Waals surface area contributed by atoms with Crippen LogP contribution in [0.3, 0.4) is 0 Å². The van der Waals surface area contributed by atoms with Gasteiger partial charge in [-0.3, -0.25) is 14.3 Å². The fourth-order valence-corrected chi connectivity index (χ4v) is 4.18. The molecule has 0 aromatic heterocycles. The molecule has 10 heteroatoms. The molecule has 164 valence electrons. The number of phenolic OH excluding ortho intramolecular Hbond substituents is 1. The largest absolute Gasteiger partial charge is 0.726 e. The summed E-state index contributed by atoms with van der Waals surface area (Å²) >= 11 is 0. The molecule has 0 aliphatic carbocycles. The van der Waals surface area contributed by atoms with Crippen LogP contribution < -0.4 is 0 Å². The Hall–Kier alpha value is -2.92. The molecule has 1 unspecified atom stereocenters. The molecule has 0 aliphatic rings. The van der Waals surface area contributed by atoms with E-state index < -0.39 is 15.3 Å². The highest BCUT2D eigenvalue weighted by molar-refractivity contribution is 7.95. The lowest BCUT2D eigenvalue weighted by molar-refractivity contribution is -0.384. The Bertz CT molecular complexity index is 1070. The van der Waals surface area contributed by atoms with E-state index >= 15 is 0 Å². The second kappa shape index (κ2) is 11.5. The van der Waals surface area contributed by atoms with Crippen molar-refractivity contribution in [3.8, 4) is 5.75 Å². The molecule has 1 atom stereocenters. The Morgan fingerprint density at radius 2 is 1.52 bits per heavy atom. The summed E-state index contributed by atoms with van der Waals surface area (Å²) in [5, 5.41) is 19.8. The minimum absolute atomic E-state index is 0.00907. The zero-order chi connectivity index (χ0) is 22.9. The zero-order valence-corrected chi connectivity index (χ0v) is 18.2. The van der Waals surface area contributed by atoms with Gasteiger partial charge in [-0.2, -0.15) is 0 Å². The summed E-state index contributed by atoms with van der Waals surface area (Å²) in [7, 11) is -4.56. The van der Waals surface area contributed by atoms with E-state index in [0.29, 0.717) is 5.56 Å². The summed E-state index contributed by atoms with van der Waals surface area (Å²) in [6, 6.07) is 22.4. The number of benzene rings is 3. The molecule has 0 amide bonds. The number of nitrogens with zero attached hydrogens (tertiary/aromatic N) is 1. The average molecular weight is 464 g/mol. The number of rotatable bonds is 7. The standard InChI is InChI=1S/C14H13NO3S.C7H8O4S/c1-19(14-8-6-13(16)7-9-14)10-11-2-4-12(5-3-11)15(17)18;8-12(9,10)11-6-7-4-2-1-3-5-7/h2-9H,10H2,1H3;1-5H,6H2,(H,8,9,10). The van der Waals surface area contributed by atoms with E-state index in [2.05, 4.69) is 10.4 Å². The topological polar surface area (TPSA) is 130 Å². The quantitative estimate of drug-likeness (QED) is 0.186. The summed E-state index contributed by atoms with van der Waals surface area (Å²) in [6.45, 7) is -0.202. The molecule has 0 radical (unpaired) electrons. The summed E-state index contributed by atoms with van der Waals surface area (Å²) in [5.41, 5.74) is 1.84. The van der Waals surface area contributed by atoms with Gasteiger partial charge in [0.1, 0.15) is 17.8 Å². The van der Waals surface area contributed by atoms with Gasteiger partial charge in [0.05, 0.1) is 11.5 Å². The van der Waals surface area contributed by atoms with Crippen molar-refractivity contribution in [3.63, 3.8) is 0 Å². The number of nitro groups is 1. The molecule has 3 rings (SSSR count). The Kier molecular flexibility index (Phi) is 9.01. The van der Waals surface area contributed by atoms with Crippen LogP contribution in [0.4, 0.5) is 5.69 Å². The van der Waals surface area contributed by atoms with Gasteiger partial charge in [-0.25, -0.2) is 8.42 Å². The lowest BCUT2D eigenvalue weighted by atomic mass is 10.2. The van der Waals surface area contributed by atoms with E-state index in [1.165, 1.54) is 12.1 Å².